The zero-order valence-corrected chi connectivity index (χ0v) is 22.8. The van der Waals surface area contributed by atoms with Crippen molar-refractivity contribution in [3.63, 3.8) is 0 Å². The molecule has 0 fully saturated rings. The lowest BCUT2D eigenvalue weighted by Crippen LogP contribution is -2.47. The van der Waals surface area contributed by atoms with E-state index in [9.17, 15) is 31.9 Å². The fraction of sp³-hybridized carbons (Fsp3) is 0.464. The Bertz CT molecular complexity index is 1170. The minimum Gasteiger partial charge on any atom is -0.458 e. The van der Waals surface area contributed by atoms with Crippen LogP contribution >= 0.6 is 0 Å². The summed E-state index contributed by atoms with van der Waals surface area (Å²) in [6.45, 7) is 7.11. The molecule has 0 unspecified atom stereocenters. The van der Waals surface area contributed by atoms with E-state index in [1.54, 1.807) is 51.1 Å². The molecule has 1 heterocycles. The Kier molecular flexibility index (Phi) is 11.0. The quantitative estimate of drug-likeness (QED) is 0.150. The second-order valence-corrected chi connectivity index (χ2v) is 10.5. The van der Waals surface area contributed by atoms with E-state index in [1.165, 1.54) is 19.8 Å². The molecule has 1 aromatic carbocycles. The van der Waals surface area contributed by atoms with Crippen molar-refractivity contribution in [2.75, 3.05) is 0 Å². The Morgan fingerprint density at radius 3 is 2.12 bits per heavy atom. The van der Waals surface area contributed by atoms with Crippen molar-refractivity contribution < 1.29 is 46.3 Å². The third-order valence-corrected chi connectivity index (χ3v) is 5.10. The highest BCUT2D eigenvalue weighted by atomic mass is 19.4. The molecule has 0 aliphatic heterocycles. The highest BCUT2D eigenvalue weighted by Crippen LogP contribution is 2.28. The van der Waals surface area contributed by atoms with Crippen molar-refractivity contribution in [3.8, 4) is 0 Å². The van der Waals surface area contributed by atoms with Gasteiger partial charge in [-0.1, -0.05) is 36.4 Å². The highest BCUT2D eigenvalue weighted by Gasteiger charge is 2.38. The number of halogens is 4. The number of carbonyl (C=O) groups excluding carboxylic acids is 3. The fourth-order valence-corrected chi connectivity index (χ4v) is 3.43. The van der Waals surface area contributed by atoms with E-state index in [-0.39, 0.29) is 18.6 Å². The standard InChI is InChI=1S/C28H32F4N2O6/c1-26(2,3)40-34(13-14-35)21(16-27(4,5)29)24(36)39-22(25(37)38-18-19-9-7-6-8-10-19)15-20-11-12-23(33-17-20)28(30,31)32/h6-13,17,21-22H,15-16,18H2,1-5H3/t21-,22+/m0/s1. The van der Waals surface area contributed by atoms with Crippen LogP contribution in [0, 0.1) is 0 Å². The molecule has 2 rings (SSSR count). The molecule has 0 aliphatic rings. The maximum Gasteiger partial charge on any atom is 0.433 e. The number of rotatable bonds is 12. The molecule has 0 spiro atoms. The molecule has 0 radical (unpaired) electrons. The number of aromatic nitrogens is 1. The van der Waals surface area contributed by atoms with Gasteiger partial charge in [-0.2, -0.15) is 13.2 Å². The Morgan fingerprint density at radius 1 is 0.975 bits per heavy atom. The molecule has 2 atom stereocenters. The molecule has 40 heavy (non-hydrogen) atoms. The van der Waals surface area contributed by atoms with Crippen LogP contribution in [-0.4, -0.2) is 51.3 Å². The van der Waals surface area contributed by atoms with Crippen molar-refractivity contribution in [1.29, 1.82) is 0 Å². The number of hydroxylamine groups is 2. The number of alkyl halides is 4. The summed E-state index contributed by atoms with van der Waals surface area (Å²) in [7, 11) is 0. The van der Waals surface area contributed by atoms with E-state index >= 15 is 0 Å². The first-order chi connectivity index (χ1) is 18.5. The number of carbonyl (C=O) groups is 2. The van der Waals surface area contributed by atoms with E-state index in [1.807, 2.05) is 0 Å². The van der Waals surface area contributed by atoms with Gasteiger partial charge in [0.05, 0.1) is 5.60 Å². The van der Waals surface area contributed by atoms with Crippen LogP contribution in [0.4, 0.5) is 17.6 Å². The average Bonchev–Trinajstić information content (AvgIpc) is 2.84. The second-order valence-electron chi connectivity index (χ2n) is 10.5. The normalized spacial score (nSPS) is 13.5. The Hall–Kier alpha value is -3.76. The van der Waals surface area contributed by atoms with Crippen LogP contribution < -0.4 is 0 Å². The monoisotopic (exact) mass is 568 g/mol. The molecule has 0 saturated carbocycles. The molecule has 0 amide bonds. The van der Waals surface area contributed by atoms with Gasteiger partial charge in [0.1, 0.15) is 30.1 Å². The first-order valence-electron chi connectivity index (χ1n) is 12.3. The average molecular weight is 569 g/mol. The summed E-state index contributed by atoms with van der Waals surface area (Å²) >= 11 is 0. The van der Waals surface area contributed by atoms with E-state index in [2.05, 4.69) is 4.98 Å². The largest absolute Gasteiger partial charge is 0.458 e. The molecule has 2 aromatic rings. The van der Waals surface area contributed by atoms with E-state index in [0.717, 1.165) is 29.6 Å². The summed E-state index contributed by atoms with van der Waals surface area (Å²) < 4.78 is 64.3. The van der Waals surface area contributed by atoms with Crippen LogP contribution in [0.3, 0.4) is 0 Å². The van der Waals surface area contributed by atoms with Crippen LogP contribution in [-0.2, 0) is 47.9 Å². The third-order valence-electron chi connectivity index (χ3n) is 5.10. The van der Waals surface area contributed by atoms with E-state index in [4.69, 9.17) is 14.3 Å². The van der Waals surface area contributed by atoms with Crippen LogP contribution in [0.5, 0.6) is 0 Å². The first kappa shape index (κ1) is 32.5. The molecular weight excluding hydrogens is 536 g/mol. The lowest BCUT2D eigenvalue weighted by atomic mass is 10.0. The molecule has 12 heteroatoms. The van der Waals surface area contributed by atoms with Gasteiger partial charge in [0.2, 0.25) is 6.10 Å². The van der Waals surface area contributed by atoms with E-state index in [0.29, 0.717) is 5.56 Å². The lowest BCUT2D eigenvalue weighted by molar-refractivity contribution is -0.230. The summed E-state index contributed by atoms with van der Waals surface area (Å²) in [6, 6.07) is 8.89. The summed E-state index contributed by atoms with van der Waals surface area (Å²) in [4.78, 5) is 46.6. The summed E-state index contributed by atoms with van der Waals surface area (Å²) in [5.41, 5.74) is -3.24. The number of esters is 2. The third kappa shape index (κ3) is 11.2. The van der Waals surface area contributed by atoms with Gasteiger partial charge in [-0.3, -0.25) is 9.82 Å². The number of pyridine rings is 1. The molecule has 0 N–H and O–H groups in total. The van der Waals surface area contributed by atoms with Crippen molar-refractivity contribution in [2.24, 2.45) is 0 Å². The number of nitrogens with zero attached hydrogens (tertiary/aromatic N) is 2. The Morgan fingerprint density at radius 2 is 1.62 bits per heavy atom. The topological polar surface area (TPSA) is 95.0 Å². The number of benzene rings is 1. The van der Waals surface area contributed by atoms with Crippen molar-refractivity contribution >= 4 is 17.9 Å². The van der Waals surface area contributed by atoms with Crippen molar-refractivity contribution in [1.82, 2.24) is 10.0 Å². The molecular formula is C28H32F4N2O6. The first-order valence-corrected chi connectivity index (χ1v) is 12.3. The van der Waals surface area contributed by atoms with Gasteiger partial charge in [0, 0.05) is 19.0 Å². The number of hydrogen-bond donors (Lipinski definition) is 0. The molecule has 8 nitrogen and oxygen atoms in total. The van der Waals surface area contributed by atoms with Gasteiger partial charge in [-0.05, 0) is 51.8 Å². The number of ether oxygens (including phenoxy) is 2. The summed E-state index contributed by atoms with van der Waals surface area (Å²) in [6.07, 6.45) is -5.54. The van der Waals surface area contributed by atoms with Gasteiger partial charge < -0.3 is 9.47 Å². The zero-order chi connectivity index (χ0) is 30.1. The van der Waals surface area contributed by atoms with Gasteiger partial charge >= 0.3 is 18.1 Å². The van der Waals surface area contributed by atoms with E-state index < -0.39 is 53.6 Å². The lowest BCUT2D eigenvalue weighted by Gasteiger charge is -2.35. The predicted molar refractivity (Wildman–Crippen MR) is 136 cm³/mol. The second kappa shape index (κ2) is 13.5. The predicted octanol–water partition coefficient (Wildman–Crippen LogP) is 5.18. The molecule has 0 aliphatic carbocycles. The molecule has 0 saturated heterocycles. The van der Waals surface area contributed by atoms with Gasteiger partial charge in [-0.25, -0.2) is 23.8 Å². The minimum atomic E-state index is -4.67. The van der Waals surface area contributed by atoms with Gasteiger partial charge in [-0.15, -0.1) is 0 Å². The van der Waals surface area contributed by atoms with Crippen molar-refractivity contribution in [3.05, 3.63) is 71.7 Å². The Balaban J connectivity index is 2.37. The highest BCUT2D eigenvalue weighted by molar-refractivity contribution is 5.82. The summed E-state index contributed by atoms with van der Waals surface area (Å²) in [5, 5.41) is 0.808. The summed E-state index contributed by atoms with van der Waals surface area (Å²) in [5.74, 6) is -0.645. The maximum atomic E-state index is 14.7. The van der Waals surface area contributed by atoms with Crippen molar-refractivity contribution in [2.45, 2.75) is 83.7 Å². The van der Waals surface area contributed by atoms with Gasteiger partial charge in [0.15, 0.2) is 6.04 Å². The molecule has 1 aromatic heterocycles. The molecule has 218 valence electrons. The van der Waals surface area contributed by atoms with Crippen LogP contribution in [0.1, 0.15) is 57.9 Å². The molecule has 0 bridgehead atoms. The smallest absolute Gasteiger partial charge is 0.433 e. The minimum absolute atomic E-state index is 0.139. The zero-order valence-electron chi connectivity index (χ0n) is 22.8. The SMILES string of the molecule is CC(C)(F)C[C@@H](C(=O)O[C@H](Cc1ccc(C(F)(F)F)nc1)C(=O)OCc1ccccc1)N(C=C=O)OC(C)(C)C. The van der Waals surface area contributed by atoms with Crippen LogP contribution in [0.2, 0.25) is 0 Å². The Labute approximate surface area is 229 Å². The number of hydrogen-bond acceptors (Lipinski definition) is 8. The van der Waals surface area contributed by atoms with Gasteiger partial charge in [0.25, 0.3) is 0 Å². The fourth-order valence-electron chi connectivity index (χ4n) is 3.43. The van der Waals surface area contributed by atoms with Crippen LogP contribution in [0.15, 0.2) is 54.9 Å². The maximum absolute atomic E-state index is 14.7. The van der Waals surface area contributed by atoms with Crippen LogP contribution in [0.25, 0.3) is 0 Å².